The van der Waals surface area contributed by atoms with Crippen molar-refractivity contribution in [3.05, 3.63) is 84.4 Å². The smallest absolute Gasteiger partial charge is 0.0771 e. The fourth-order valence-corrected chi connectivity index (χ4v) is 3.90. The third-order valence-electron chi connectivity index (χ3n) is 4.40. The van der Waals surface area contributed by atoms with Crippen LogP contribution in [0, 0.1) is 0 Å². The molecule has 0 atom stereocenters. The molecule has 0 aliphatic rings. The van der Waals surface area contributed by atoms with Gasteiger partial charge in [0.15, 0.2) is 8.32 Å². The summed E-state index contributed by atoms with van der Waals surface area (Å²) < 4.78 is 5.77. The largest absolute Gasteiger partial charge is 1.00 e. The minimum Gasteiger partial charge on any atom is -1.00 e. The van der Waals surface area contributed by atoms with Crippen LogP contribution in [0.2, 0.25) is 32.7 Å². The molecular formula is C26H34Cl2OSi2Zr-2. The minimum atomic E-state index is -1.28. The first-order valence-electron chi connectivity index (χ1n) is 10.7. The van der Waals surface area contributed by atoms with Gasteiger partial charge in [0.2, 0.25) is 0 Å². The molecule has 4 aromatic rings. The average molecular weight is 581 g/mol. The van der Waals surface area contributed by atoms with Gasteiger partial charge in [-0.15, -0.1) is 39.7 Å². The van der Waals surface area contributed by atoms with Crippen molar-refractivity contribution in [3.8, 4) is 0 Å². The van der Waals surface area contributed by atoms with Gasteiger partial charge in [0.25, 0.3) is 0 Å². The third-order valence-corrected chi connectivity index (χ3v) is 5.47. The maximum atomic E-state index is 5.77. The van der Waals surface area contributed by atoms with Crippen molar-refractivity contribution in [2.75, 3.05) is 6.61 Å². The Morgan fingerprint density at radius 2 is 1.28 bits per heavy atom. The fraction of sp³-hybridized carbons (Fsp3) is 0.308. The first-order chi connectivity index (χ1) is 14.3. The molecule has 0 amide bonds. The SMILES string of the molecule is C[Si](C)(C)OCCC[c-]1cccc1.C[Si](C)=[Zr+2].[Cl-].[Cl-].c1ccc2c(c1)[cH-]c1ccccc12. The van der Waals surface area contributed by atoms with Gasteiger partial charge in [0.1, 0.15) is 0 Å². The molecule has 1 nitrogen and oxygen atoms in total. The van der Waals surface area contributed by atoms with E-state index in [-0.39, 0.29) is 30.2 Å². The average Bonchev–Trinajstić information content (AvgIpc) is 3.32. The van der Waals surface area contributed by atoms with Gasteiger partial charge >= 0.3 is 41.9 Å². The van der Waals surface area contributed by atoms with Gasteiger partial charge in [0, 0.05) is 6.61 Å². The molecule has 0 aliphatic carbocycles. The summed E-state index contributed by atoms with van der Waals surface area (Å²) >= 11 is 1.74. The summed E-state index contributed by atoms with van der Waals surface area (Å²) in [6.45, 7) is 12.2. The molecule has 0 heterocycles. The number of benzene rings is 2. The maximum absolute atomic E-state index is 5.77. The van der Waals surface area contributed by atoms with Crippen molar-refractivity contribution in [2.24, 2.45) is 0 Å². The summed E-state index contributed by atoms with van der Waals surface area (Å²) in [5, 5.41) is 5.39. The third kappa shape index (κ3) is 12.1. The van der Waals surface area contributed by atoms with E-state index in [0.29, 0.717) is 0 Å². The summed E-state index contributed by atoms with van der Waals surface area (Å²) in [7, 11) is -1.28. The van der Waals surface area contributed by atoms with E-state index in [4.69, 9.17) is 4.43 Å². The molecule has 0 spiro atoms. The molecule has 32 heavy (non-hydrogen) atoms. The molecule has 0 aliphatic heterocycles. The Bertz CT molecular complexity index is 983. The topological polar surface area (TPSA) is 9.23 Å². The zero-order chi connectivity index (χ0) is 22.0. The number of aryl methyl sites for hydroxylation is 1. The summed E-state index contributed by atoms with van der Waals surface area (Å²) in [6.07, 6.45) is 2.30. The fourth-order valence-electron chi connectivity index (χ4n) is 3.14. The number of hydrogen-bond acceptors (Lipinski definition) is 1. The van der Waals surface area contributed by atoms with Crippen molar-refractivity contribution in [2.45, 2.75) is 45.6 Å². The molecule has 172 valence electrons. The molecule has 4 rings (SSSR count). The summed E-state index contributed by atoms with van der Waals surface area (Å²) in [4.78, 5) is 0. The van der Waals surface area contributed by atoms with Crippen molar-refractivity contribution in [1.29, 1.82) is 0 Å². The Hall–Kier alpha value is -0.483. The van der Waals surface area contributed by atoms with Crippen LogP contribution in [0.25, 0.3) is 21.5 Å². The zero-order valence-electron chi connectivity index (χ0n) is 19.8. The van der Waals surface area contributed by atoms with Crippen molar-refractivity contribution in [3.63, 3.8) is 0 Å². The maximum Gasteiger partial charge on any atom is -0.0771 e. The van der Waals surface area contributed by atoms with E-state index in [1.165, 1.54) is 27.1 Å². The van der Waals surface area contributed by atoms with Gasteiger partial charge in [-0.05, 0) is 26.1 Å². The normalized spacial score (nSPS) is 10.2. The second kappa shape index (κ2) is 16.2. The second-order valence-electron chi connectivity index (χ2n) is 8.68. The zero-order valence-corrected chi connectivity index (χ0v) is 25.8. The quantitative estimate of drug-likeness (QED) is 0.199. The van der Waals surface area contributed by atoms with Crippen LogP contribution in [0.1, 0.15) is 12.0 Å². The van der Waals surface area contributed by atoms with E-state index in [0.717, 1.165) is 19.4 Å². The molecule has 0 aromatic heterocycles. The predicted molar refractivity (Wildman–Crippen MR) is 134 cm³/mol. The number of rotatable bonds is 5. The molecule has 0 unspecified atom stereocenters. The Balaban J connectivity index is 0.000000490. The van der Waals surface area contributed by atoms with Gasteiger partial charge in [-0.25, -0.2) is 12.1 Å². The molecule has 0 saturated heterocycles. The summed E-state index contributed by atoms with van der Waals surface area (Å²) in [5.41, 5.74) is 1.64. The van der Waals surface area contributed by atoms with E-state index in [2.05, 4.69) is 112 Å². The molecule has 0 bridgehead atoms. The Labute approximate surface area is 223 Å². The van der Waals surface area contributed by atoms with Gasteiger partial charge in [-0.3, -0.25) is 0 Å². The molecule has 4 aromatic carbocycles. The summed E-state index contributed by atoms with van der Waals surface area (Å²) in [6, 6.07) is 27.8. The van der Waals surface area contributed by atoms with Gasteiger partial charge in [-0.1, -0.05) is 42.8 Å². The van der Waals surface area contributed by atoms with Crippen LogP contribution >= 0.6 is 0 Å². The number of halogens is 2. The molecule has 0 N–H and O–H groups in total. The monoisotopic (exact) mass is 578 g/mol. The standard InChI is InChI=1S/C13H9.C11H19OSi.C2H6Si.2ClH.Zr/c1-3-7-12-10(5-1)9-11-6-2-4-8-13(11)12;1-13(2,3)12-10-6-9-11-7-4-5-8-11;1-3-2;;;/h1-9H;4-5,7-8H,6,9-10H2,1-3H3;1-2H3;2*1H;/q2*-1;;;;+2/p-2. The van der Waals surface area contributed by atoms with Crippen LogP contribution in [-0.4, -0.2) is 20.4 Å². The van der Waals surface area contributed by atoms with Crippen LogP contribution < -0.4 is 24.8 Å². The van der Waals surface area contributed by atoms with Crippen LogP contribution in [0.4, 0.5) is 0 Å². The summed E-state index contributed by atoms with van der Waals surface area (Å²) in [5.74, 6) is 0. The van der Waals surface area contributed by atoms with Crippen molar-refractivity contribution >= 4 is 35.3 Å². The van der Waals surface area contributed by atoms with Crippen LogP contribution in [0.15, 0.2) is 78.9 Å². The van der Waals surface area contributed by atoms with E-state index in [1.54, 1.807) is 23.3 Å². The second-order valence-corrected chi connectivity index (χ2v) is 22.6. The molecule has 0 saturated carbocycles. The first-order valence-corrected chi connectivity index (χ1v) is 20.3. The van der Waals surface area contributed by atoms with E-state index in [1.807, 2.05) is 0 Å². The van der Waals surface area contributed by atoms with Crippen LogP contribution in [0.5, 0.6) is 0 Å². The van der Waals surface area contributed by atoms with Crippen LogP contribution in [-0.2, 0) is 34.2 Å². The molecule has 0 fully saturated rings. The Morgan fingerprint density at radius 1 is 0.844 bits per heavy atom. The van der Waals surface area contributed by atoms with Gasteiger partial charge in [-0.2, -0.15) is 17.7 Å². The van der Waals surface area contributed by atoms with E-state index < -0.39 is 8.32 Å². The van der Waals surface area contributed by atoms with Gasteiger partial charge in [0.05, 0.1) is 0 Å². The first kappa shape index (κ1) is 31.5. The van der Waals surface area contributed by atoms with E-state index in [9.17, 15) is 0 Å². The Morgan fingerprint density at radius 3 is 1.72 bits per heavy atom. The Kier molecular flexibility index (Phi) is 16.0. The molecule has 0 radical (unpaired) electrons. The molecule has 6 heteroatoms. The molecular weight excluding hydrogens is 547 g/mol. The van der Waals surface area contributed by atoms with Crippen LogP contribution in [0.3, 0.4) is 0 Å². The van der Waals surface area contributed by atoms with Crippen molar-refractivity contribution in [1.82, 2.24) is 0 Å². The number of fused-ring (bicyclic) bond motifs is 3. The minimum absolute atomic E-state index is 0. The van der Waals surface area contributed by atoms with E-state index >= 15 is 0 Å². The predicted octanol–water partition coefficient (Wildman–Crippen LogP) is 1.69. The van der Waals surface area contributed by atoms with Gasteiger partial charge < -0.3 is 29.2 Å². The van der Waals surface area contributed by atoms with Crippen molar-refractivity contribution < 1.29 is 52.6 Å². The number of hydrogen-bond donors (Lipinski definition) is 0.